The van der Waals surface area contributed by atoms with Gasteiger partial charge in [0.2, 0.25) is 0 Å². The summed E-state index contributed by atoms with van der Waals surface area (Å²) in [7, 11) is 0. The van der Waals surface area contributed by atoms with Crippen molar-refractivity contribution < 1.29 is 4.79 Å². The lowest BCUT2D eigenvalue weighted by atomic mass is 10.1. The molecule has 1 aromatic heterocycles. The molecule has 0 N–H and O–H groups in total. The van der Waals surface area contributed by atoms with Gasteiger partial charge in [-0.3, -0.25) is 4.79 Å². The second-order valence-corrected chi connectivity index (χ2v) is 7.78. The van der Waals surface area contributed by atoms with Crippen LogP contribution in [0.25, 0.3) is 10.9 Å². The van der Waals surface area contributed by atoms with Crippen LogP contribution in [0, 0.1) is 6.92 Å². The summed E-state index contributed by atoms with van der Waals surface area (Å²) in [5.74, 6) is 1.01. The Morgan fingerprint density at radius 3 is 2.58 bits per heavy atom. The molecule has 0 bridgehead atoms. The molecule has 0 unspecified atom stereocenters. The number of carbonyl (C=O) groups is 1. The molecule has 0 radical (unpaired) electrons. The maximum absolute atomic E-state index is 12.4. The number of thioether (sulfide) groups is 1. The van der Waals surface area contributed by atoms with Crippen LogP contribution in [0.5, 0.6) is 0 Å². The SMILES string of the molecule is Cc1cc(SCc2ccc(C(=O)N3CCCC3)cc2)nc2ccccc12. The monoisotopic (exact) mass is 362 g/mol. The number of nitrogens with zero attached hydrogens (tertiary/aromatic N) is 2. The Morgan fingerprint density at radius 1 is 1.08 bits per heavy atom. The summed E-state index contributed by atoms with van der Waals surface area (Å²) in [6, 6.07) is 18.4. The Balaban J connectivity index is 1.44. The van der Waals surface area contributed by atoms with Crippen LogP contribution in [-0.2, 0) is 5.75 Å². The van der Waals surface area contributed by atoms with E-state index in [0.29, 0.717) is 0 Å². The topological polar surface area (TPSA) is 33.2 Å². The molecule has 26 heavy (non-hydrogen) atoms. The molecule has 1 fully saturated rings. The number of hydrogen-bond acceptors (Lipinski definition) is 3. The van der Waals surface area contributed by atoms with E-state index >= 15 is 0 Å². The van der Waals surface area contributed by atoms with Crippen LogP contribution in [0.2, 0.25) is 0 Å². The quantitative estimate of drug-likeness (QED) is 0.608. The molecular formula is C22H22N2OS. The lowest BCUT2D eigenvalue weighted by Gasteiger charge is -2.15. The molecule has 3 nitrogen and oxygen atoms in total. The van der Waals surface area contributed by atoms with Crippen molar-refractivity contribution in [2.45, 2.75) is 30.5 Å². The van der Waals surface area contributed by atoms with Gasteiger partial charge in [0.25, 0.3) is 5.91 Å². The van der Waals surface area contributed by atoms with Gasteiger partial charge in [-0.25, -0.2) is 4.98 Å². The number of para-hydroxylation sites is 1. The molecular weight excluding hydrogens is 340 g/mol. The number of aromatic nitrogens is 1. The smallest absolute Gasteiger partial charge is 0.253 e. The standard InChI is InChI=1S/C22H22N2OS/c1-16-14-21(23-20-7-3-2-6-19(16)20)26-15-17-8-10-18(11-9-17)22(25)24-12-4-5-13-24/h2-3,6-11,14H,4-5,12-13,15H2,1H3. The van der Waals surface area contributed by atoms with Crippen molar-refractivity contribution in [3.63, 3.8) is 0 Å². The van der Waals surface area contributed by atoms with Gasteiger partial charge in [0, 0.05) is 29.8 Å². The highest BCUT2D eigenvalue weighted by Gasteiger charge is 2.19. The van der Waals surface area contributed by atoms with Crippen LogP contribution in [-0.4, -0.2) is 28.9 Å². The third kappa shape index (κ3) is 3.61. The predicted molar refractivity (Wildman–Crippen MR) is 108 cm³/mol. The number of fused-ring (bicyclic) bond motifs is 1. The highest BCUT2D eigenvalue weighted by Crippen LogP contribution is 2.26. The van der Waals surface area contributed by atoms with E-state index in [2.05, 4.69) is 43.3 Å². The van der Waals surface area contributed by atoms with Gasteiger partial charge in [0.15, 0.2) is 0 Å². The summed E-state index contributed by atoms with van der Waals surface area (Å²) in [5.41, 5.74) is 4.30. The number of benzene rings is 2. The maximum atomic E-state index is 12.4. The van der Waals surface area contributed by atoms with Crippen molar-refractivity contribution in [1.82, 2.24) is 9.88 Å². The minimum absolute atomic E-state index is 0.161. The molecule has 1 aliphatic heterocycles. The molecule has 4 rings (SSSR count). The Kier molecular flexibility index (Phi) is 4.93. The molecule has 132 valence electrons. The molecule has 1 amide bonds. The molecule has 2 heterocycles. The number of hydrogen-bond donors (Lipinski definition) is 0. The van der Waals surface area contributed by atoms with E-state index in [9.17, 15) is 4.79 Å². The molecule has 4 heteroatoms. The number of likely N-dealkylation sites (tertiary alicyclic amines) is 1. The number of rotatable bonds is 4. The summed E-state index contributed by atoms with van der Waals surface area (Å²) >= 11 is 1.74. The molecule has 2 aromatic carbocycles. The van der Waals surface area contributed by atoms with Crippen molar-refractivity contribution in [3.05, 3.63) is 71.3 Å². The van der Waals surface area contributed by atoms with Crippen LogP contribution in [0.4, 0.5) is 0 Å². The Hall–Kier alpha value is -2.33. The Labute approximate surface area is 158 Å². The average Bonchev–Trinajstić information content (AvgIpc) is 3.21. The van der Waals surface area contributed by atoms with E-state index in [1.807, 2.05) is 23.1 Å². The second kappa shape index (κ2) is 7.50. The van der Waals surface area contributed by atoms with E-state index in [1.165, 1.54) is 16.5 Å². The summed E-state index contributed by atoms with van der Waals surface area (Å²) < 4.78 is 0. The molecule has 1 saturated heterocycles. The summed E-state index contributed by atoms with van der Waals surface area (Å²) in [4.78, 5) is 19.1. The normalized spacial score (nSPS) is 14.1. The van der Waals surface area contributed by atoms with Crippen LogP contribution < -0.4 is 0 Å². The fourth-order valence-electron chi connectivity index (χ4n) is 3.40. The summed E-state index contributed by atoms with van der Waals surface area (Å²) in [5, 5.41) is 2.25. The zero-order valence-corrected chi connectivity index (χ0v) is 15.8. The van der Waals surface area contributed by atoms with Crippen LogP contribution in [0.15, 0.2) is 59.6 Å². The summed E-state index contributed by atoms with van der Waals surface area (Å²) in [6.07, 6.45) is 2.25. The highest BCUT2D eigenvalue weighted by molar-refractivity contribution is 7.98. The minimum atomic E-state index is 0.161. The van der Waals surface area contributed by atoms with E-state index < -0.39 is 0 Å². The van der Waals surface area contributed by atoms with Gasteiger partial charge in [-0.2, -0.15) is 0 Å². The first-order valence-electron chi connectivity index (χ1n) is 9.08. The van der Waals surface area contributed by atoms with Crippen LogP contribution >= 0.6 is 11.8 Å². The zero-order chi connectivity index (χ0) is 17.9. The lowest BCUT2D eigenvalue weighted by Crippen LogP contribution is -2.27. The first kappa shape index (κ1) is 17.1. The van der Waals surface area contributed by atoms with Gasteiger partial charge in [-0.1, -0.05) is 30.3 Å². The predicted octanol–water partition coefficient (Wildman–Crippen LogP) is 5.07. The lowest BCUT2D eigenvalue weighted by molar-refractivity contribution is 0.0793. The third-order valence-corrected chi connectivity index (χ3v) is 5.86. The van der Waals surface area contributed by atoms with E-state index in [-0.39, 0.29) is 5.91 Å². The number of aryl methyl sites for hydroxylation is 1. The second-order valence-electron chi connectivity index (χ2n) is 6.78. The van der Waals surface area contributed by atoms with Gasteiger partial charge in [-0.15, -0.1) is 11.8 Å². The molecule has 0 saturated carbocycles. The molecule has 0 spiro atoms. The van der Waals surface area contributed by atoms with Gasteiger partial charge in [-0.05, 0) is 55.2 Å². The fraction of sp³-hybridized carbons (Fsp3) is 0.273. The summed E-state index contributed by atoms with van der Waals surface area (Å²) in [6.45, 7) is 3.92. The number of pyridine rings is 1. The first-order valence-corrected chi connectivity index (χ1v) is 10.1. The molecule has 1 aliphatic rings. The van der Waals surface area contributed by atoms with Gasteiger partial charge in [0.1, 0.15) is 0 Å². The number of carbonyl (C=O) groups excluding carboxylic acids is 1. The van der Waals surface area contributed by atoms with Gasteiger partial charge >= 0.3 is 0 Å². The van der Waals surface area contributed by atoms with Crippen molar-refractivity contribution in [2.24, 2.45) is 0 Å². The first-order chi connectivity index (χ1) is 12.7. The fourth-order valence-corrected chi connectivity index (χ4v) is 4.33. The highest BCUT2D eigenvalue weighted by atomic mass is 32.2. The Morgan fingerprint density at radius 2 is 1.81 bits per heavy atom. The van der Waals surface area contributed by atoms with Gasteiger partial charge in [0.05, 0.1) is 10.5 Å². The van der Waals surface area contributed by atoms with Crippen LogP contribution in [0.1, 0.15) is 34.3 Å². The maximum Gasteiger partial charge on any atom is 0.253 e. The largest absolute Gasteiger partial charge is 0.339 e. The third-order valence-electron chi connectivity index (χ3n) is 4.88. The van der Waals surface area contributed by atoms with Gasteiger partial charge < -0.3 is 4.90 Å². The van der Waals surface area contributed by atoms with E-state index in [4.69, 9.17) is 4.98 Å². The Bertz CT molecular complexity index is 931. The molecule has 3 aromatic rings. The van der Waals surface area contributed by atoms with Crippen molar-refractivity contribution in [2.75, 3.05) is 13.1 Å². The minimum Gasteiger partial charge on any atom is -0.339 e. The molecule has 0 atom stereocenters. The number of amides is 1. The zero-order valence-electron chi connectivity index (χ0n) is 14.9. The average molecular weight is 362 g/mol. The van der Waals surface area contributed by atoms with Crippen LogP contribution in [0.3, 0.4) is 0 Å². The van der Waals surface area contributed by atoms with E-state index in [0.717, 1.165) is 47.8 Å². The van der Waals surface area contributed by atoms with Crippen molar-refractivity contribution >= 4 is 28.6 Å². The molecule has 0 aliphatic carbocycles. The van der Waals surface area contributed by atoms with Crippen molar-refractivity contribution in [1.29, 1.82) is 0 Å². The van der Waals surface area contributed by atoms with E-state index in [1.54, 1.807) is 11.8 Å². The van der Waals surface area contributed by atoms with Crippen molar-refractivity contribution in [3.8, 4) is 0 Å².